The van der Waals surface area contributed by atoms with E-state index in [1.807, 2.05) is 6.92 Å². The van der Waals surface area contributed by atoms with Crippen molar-refractivity contribution in [3.8, 4) is 5.75 Å². The van der Waals surface area contributed by atoms with Gasteiger partial charge in [0.1, 0.15) is 5.75 Å². The van der Waals surface area contributed by atoms with Crippen LogP contribution in [-0.2, 0) is 14.4 Å². The summed E-state index contributed by atoms with van der Waals surface area (Å²) in [6.45, 7) is 2.42. The van der Waals surface area contributed by atoms with Gasteiger partial charge in [-0.1, -0.05) is 11.6 Å². The molecule has 0 aliphatic carbocycles. The van der Waals surface area contributed by atoms with Gasteiger partial charge in [-0.25, -0.2) is 4.90 Å². The molecule has 8 heteroatoms. The number of halogens is 1. The largest absolute Gasteiger partial charge is 0.494 e. The summed E-state index contributed by atoms with van der Waals surface area (Å²) in [6.07, 6.45) is 0.0743. The third-order valence-electron chi connectivity index (χ3n) is 4.05. The molecule has 0 spiro atoms. The van der Waals surface area contributed by atoms with Crippen LogP contribution in [0.2, 0.25) is 5.02 Å². The van der Waals surface area contributed by atoms with E-state index in [0.29, 0.717) is 28.8 Å². The summed E-state index contributed by atoms with van der Waals surface area (Å²) in [5, 5.41) is 2.74. The Bertz CT molecular complexity index is 871. The van der Waals surface area contributed by atoms with Gasteiger partial charge in [0.2, 0.25) is 17.7 Å². The van der Waals surface area contributed by atoms with Crippen molar-refractivity contribution in [1.82, 2.24) is 0 Å². The first-order chi connectivity index (χ1) is 13.5. The van der Waals surface area contributed by atoms with Crippen LogP contribution in [-0.4, -0.2) is 35.3 Å². The molecule has 0 unspecified atom stereocenters. The molecule has 2 aromatic rings. The predicted molar refractivity (Wildman–Crippen MR) is 111 cm³/mol. The Morgan fingerprint density at radius 3 is 2.50 bits per heavy atom. The third-order valence-corrected chi connectivity index (χ3v) is 5.51. The number of hydrogen-bond donors (Lipinski definition) is 1. The van der Waals surface area contributed by atoms with Crippen LogP contribution in [0.15, 0.2) is 48.5 Å². The van der Waals surface area contributed by atoms with Gasteiger partial charge < -0.3 is 10.1 Å². The van der Waals surface area contributed by atoms with E-state index in [1.54, 1.807) is 48.5 Å². The van der Waals surface area contributed by atoms with E-state index in [2.05, 4.69) is 5.32 Å². The summed E-state index contributed by atoms with van der Waals surface area (Å²) in [4.78, 5) is 38.2. The number of nitrogens with one attached hydrogen (secondary N) is 1. The highest BCUT2D eigenvalue weighted by Crippen LogP contribution is 2.30. The summed E-state index contributed by atoms with van der Waals surface area (Å²) in [5.74, 6) is -0.0749. The van der Waals surface area contributed by atoms with E-state index in [1.165, 1.54) is 4.90 Å². The maximum Gasteiger partial charge on any atom is 0.247 e. The Kier molecular flexibility index (Phi) is 6.59. The normalized spacial score (nSPS) is 16.4. The number of rotatable bonds is 7. The SMILES string of the molecule is CCOc1ccc(N2C(=O)C[C@H](SCC(=O)Nc3ccc(Cl)cc3)C2=O)cc1. The van der Waals surface area contributed by atoms with E-state index in [9.17, 15) is 14.4 Å². The molecule has 1 aliphatic heterocycles. The zero-order valence-corrected chi connectivity index (χ0v) is 16.8. The average Bonchev–Trinajstić information content (AvgIpc) is 2.96. The topological polar surface area (TPSA) is 75.7 Å². The first-order valence-corrected chi connectivity index (χ1v) is 10.2. The van der Waals surface area contributed by atoms with Gasteiger partial charge in [0.15, 0.2) is 0 Å². The lowest BCUT2D eigenvalue weighted by molar-refractivity contribution is -0.121. The molecular formula is C20H19ClN2O4S. The van der Waals surface area contributed by atoms with Crippen LogP contribution in [0, 0.1) is 0 Å². The van der Waals surface area contributed by atoms with Crippen LogP contribution in [0.5, 0.6) is 5.75 Å². The lowest BCUT2D eigenvalue weighted by Crippen LogP contribution is -2.31. The molecule has 146 valence electrons. The smallest absolute Gasteiger partial charge is 0.247 e. The molecule has 1 heterocycles. The lowest BCUT2D eigenvalue weighted by atomic mass is 10.3. The van der Waals surface area contributed by atoms with Gasteiger partial charge in [-0.3, -0.25) is 14.4 Å². The maximum atomic E-state index is 12.6. The van der Waals surface area contributed by atoms with E-state index in [-0.39, 0.29) is 29.9 Å². The molecule has 1 N–H and O–H groups in total. The molecular weight excluding hydrogens is 400 g/mol. The van der Waals surface area contributed by atoms with E-state index < -0.39 is 5.25 Å². The van der Waals surface area contributed by atoms with Crippen LogP contribution < -0.4 is 15.0 Å². The Hall–Kier alpha value is -2.51. The molecule has 28 heavy (non-hydrogen) atoms. The number of anilines is 2. The van der Waals surface area contributed by atoms with Crippen molar-refractivity contribution in [2.24, 2.45) is 0 Å². The van der Waals surface area contributed by atoms with Crippen LogP contribution in [0.1, 0.15) is 13.3 Å². The Labute approximate surface area is 172 Å². The summed E-state index contributed by atoms with van der Waals surface area (Å²) < 4.78 is 5.37. The summed E-state index contributed by atoms with van der Waals surface area (Å²) in [5.41, 5.74) is 1.13. The molecule has 0 bridgehead atoms. The highest BCUT2D eigenvalue weighted by molar-refractivity contribution is 8.01. The van der Waals surface area contributed by atoms with Crippen LogP contribution in [0.4, 0.5) is 11.4 Å². The van der Waals surface area contributed by atoms with Crippen LogP contribution >= 0.6 is 23.4 Å². The zero-order valence-electron chi connectivity index (χ0n) is 15.2. The maximum absolute atomic E-state index is 12.6. The summed E-state index contributed by atoms with van der Waals surface area (Å²) in [6, 6.07) is 13.6. The van der Waals surface area contributed by atoms with Crippen molar-refractivity contribution in [1.29, 1.82) is 0 Å². The second-order valence-electron chi connectivity index (χ2n) is 6.05. The molecule has 1 saturated heterocycles. The molecule has 3 rings (SSSR count). The molecule has 1 aliphatic rings. The standard InChI is InChI=1S/C20H19ClN2O4S/c1-2-27-16-9-7-15(8-10-16)23-19(25)11-17(20(23)26)28-12-18(24)22-14-5-3-13(21)4-6-14/h3-10,17H,2,11-12H2,1H3,(H,22,24)/t17-/m0/s1. The first-order valence-electron chi connectivity index (χ1n) is 8.74. The number of thioether (sulfide) groups is 1. The van der Waals surface area contributed by atoms with Crippen molar-refractivity contribution in [2.45, 2.75) is 18.6 Å². The van der Waals surface area contributed by atoms with E-state index in [4.69, 9.17) is 16.3 Å². The number of ether oxygens (including phenoxy) is 1. The van der Waals surface area contributed by atoms with Gasteiger partial charge >= 0.3 is 0 Å². The average molecular weight is 419 g/mol. The number of carbonyl (C=O) groups is 3. The number of hydrogen-bond acceptors (Lipinski definition) is 5. The number of amides is 3. The van der Waals surface area contributed by atoms with Gasteiger partial charge in [0, 0.05) is 17.1 Å². The molecule has 1 atom stereocenters. The van der Waals surface area contributed by atoms with Gasteiger partial charge in [-0.15, -0.1) is 11.8 Å². The minimum absolute atomic E-state index is 0.0728. The van der Waals surface area contributed by atoms with Gasteiger partial charge in [-0.05, 0) is 55.5 Å². The highest BCUT2D eigenvalue weighted by atomic mass is 35.5. The first kappa shape index (κ1) is 20.2. The summed E-state index contributed by atoms with van der Waals surface area (Å²) >= 11 is 6.98. The number of carbonyl (C=O) groups excluding carboxylic acids is 3. The fraction of sp³-hybridized carbons (Fsp3) is 0.250. The minimum atomic E-state index is -0.574. The minimum Gasteiger partial charge on any atom is -0.494 e. The van der Waals surface area contributed by atoms with Crippen LogP contribution in [0.3, 0.4) is 0 Å². The molecule has 0 saturated carbocycles. The Balaban J connectivity index is 1.57. The van der Waals surface area contributed by atoms with E-state index >= 15 is 0 Å². The molecule has 2 aromatic carbocycles. The Morgan fingerprint density at radius 1 is 1.18 bits per heavy atom. The van der Waals surface area contributed by atoms with Crippen molar-refractivity contribution >= 4 is 52.5 Å². The van der Waals surface area contributed by atoms with E-state index in [0.717, 1.165) is 11.8 Å². The summed E-state index contributed by atoms with van der Waals surface area (Å²) in [7, 11) is 0. The quantitative estimate of drug-likeness (QED) is 0.693. The Morgan fingerprint density at radius 2 is 1.86 bits per heavy atom. The predicted octanol–water partition coefficient (Wildman–Crippen LogP) is 3.74. The van der Waals surface area contributed by atoms with Gasteiger partial charge in [0.25, 0.3) is 0 Å². The molecule has 3 amide bonds. The fourth-order valence-corrected chi connectivity index (χ4v) is 3.83. The number of imide groups is 1. The third kappa shape index (κ3) is 4.85. The highest BCUT2D eigenvalue weighted by Gasteiger charge is 2.40. The van der Waals surface area contributed by atoms with Crippen molar-refractivity contribution in [3.63, 3.8) is 0 Å². The van der Waals surface area contributed by atoms with Gasteiger partial charge in [0.05, 0.1) is 23.3 Å². The number of benzene rings is 2. The van der Waals surface area contributed by atoms with Crippen molar-refractivity contribution in [2.75, 3.05) is 22.6 Å². The molecule has 0 aromatic heterocycles. The second-order valence-corrected chi connectivity index (χ2v) is 7.68. The monoisotopic (exact) mass is 418 g/mol. The fourth-order valence-electron chi connectivity index (χ4n) is 2.77. The molecule has 0 radical (unpaired) electrons. The van der Waals surface area contributed by atoms with Crippen LogP contribution in [0.25, 0.3) is 0 Å². The van der Waals surface area contributed by atoms with Crippen molar-refractivity contribution < 1.29 is 19.1 Å². The molecule has 1 fully saturated rings. The zero-order chi connectivity index (χ0) is 20.1. The van der Waals surface area contributed by atoms with Crippen molar-refractivity contribution in [3.05, 3.63) is 53.6 Å². The van der Waals surface area contributed by atoms with Gasteiger partial charge in [-0.2, -0.15) is 0 Å². The lowest BCUT2D eigenvalue weighted by Gasteiger charge is -2.15. The number of nitrogens with zero attached hydrogens (tertiary/aromatic N) is 1. The molecule has 6 nitrogen and oxygen atoms in total. The second kappa shape index (κ2) is 9.12.